The molecule has 2 aliphatic heterocycles. The van der Waals surface area contributed by atoms with Crippen molar-refractivity contribution in [2.24, 2.45) is 0 Å². The summed E-state index contributed by atoms with van der Waals surface area (Å²) in [6.45, 7) is -0.0774. The highest BCUT2D eigenvalue weighted by atomic mass is 127. The summed E-state index contributed by atoms with van der Waals surface area (Å²) in [6, 6.07) is 14.3. The predicted octanol–water partition coefficient (Wildman–Crippen LogP) is 2.97. The van der Waals surface area contributed by atoms with E-state index in [1.54, 1.807) is 0 Å². The minimum Gasteiger partial charge on any atom is -0.456 e. The van der Waals surface area contributed by atoms with Crippen LogP contribution in [0, 0.1) is 10.1 Å². The minimum absolute atomic E-state index is 0.0522. The van der Waals surface area contributed by atoms with Crippen molar-refractivity contribution in [3.8, 4) is 0 Å². The number of carbonyl (C=O) groups excluding carboxylic acids is 3. The zero-order valence-electron chi connectivity index (χ0n) is 17.8. The number of nitro groups is 1. The summed E-state index contributed by atoms with van der Waals surface area (Å²) in [4.78, 5) is 50.0. The lowest BCUT2D eigenvalue weighted by molar-refractivity contribution is -0.384. The van der Waals surface area contributed by atoms with Gasteiger partial charge in [-0.05, 0) is 28.8 Å². The molecular formula is C23H20IN3O6S. The standard InChI is InChI=1S/C23H20IN3O6S/c24-11-16-13-34-22-19(25-18(28)10-14-4-2-1-3-5-14)21(29)26(22)20(16)23(30)33-12-15-6-8-17(9-7-15)27(31)32/h1-9,19,22H,10-13H2,(H,25,28)/t19?,22-/m0/s1. The second-order valence-electron chi connectivity index (χ2n) is 7.70. The number of non-ortho nitro benzene ring substituents is 1. The molecule has 2 amide bonds. The van der Waals surface area contributed by atoms with Crippen LogP contribution in [0.3, 0.4) is 0 Å². The van der Waals surface area contributed by atoms with Crippen molar-refractivity contribution < 1.29 is 24.0 Å². The fourth-order valence-electron chi connectivity index (χ4n) is 3.71. The van der Waals surface area contributed by atoms with Crippen molar-refractivity contribution in [1.82, 2.24) is 10.2 Å². The van der Waals surface area contributed by atoms with Gasteiger partial charge in [0.1, 0.15) is 23.7 Å². The number of amides is 2. The van der Waals surface area contributed by atoms with E-state index >= 15 is 0 Å². The number of nitrogens with one attached hydrogen (secondary N) is 1. The normalized spacial score (nSPS) is 19.2. The molecule has 0 bridgehead atoms. The fourth-order valence-corrected chi connectivity index (χ4v) is 6.05. The molecule has 1 unspecified atom stereocenters. The Labute approximate surface area is 213 Å². The SMILES string of the molecule is O=C(Cc1ccccc1)NC1C(=O)N2C(C(=O)OCc3ccc([N+](=O)[O-])cc3)=C(CI)CS[C@@H]12. The molecule has 11 heteroatoms. The van der Waals surface area contributed by atoms with Crippen LogP contribution in [0.2, 0.25) is 0 Å². The number of nitrogens with zero attached hydrogens (tertiary/aromatic N) is 2. The van der Waals surface area contributed by atoms with Crippen LogP contribution in [0.1, 0.15) is 11.1 Å². The van der Waals surface area contributed by atoms with Gasteiger partial charge in [0.25, 0.3) is 11.6 Å². The lowest BCUT2D eigenvalue weighted by atomic mass is 10.0. The summed E-state index contributed by atoms with van der Waals surface area (Å²) >= 11 is 3.64. The number of fused-ring (bicyclic) bond motifs is 1. The van der Waals surface area contributed by atoms with Crippen molar-refractivity contribution in [2.75, 3.05) is 10.2 Å². The number of esters is 1. The molecule has 4 rings (SSSR count). The van der Waals surface area contributed by atoms with Gasteiger partial charge in [0, 0.05) is 22.3 Å². The van der Waals surface area contributed by atoms with Crippen LogP contribution in [0.25, 0.3) is 0 Å². The molecule has 9 nitrogen and oxygen atoms in total. The quantitative estimate of drug-likeness (QED) is 0.125. The number of benzene rings is 2. The maximum Gasteiger partial charge on any atom is 0.355 e. The molecule has 2 aromatic carbocycles. The van der Waals surface area contributed by atoms with E-state index < -0.39 is 16.9 Å². The third-order valence-corrected chi connectivity index (χ3v) is 7.70. The van der Waals surface area contributed by atoms with E-state index in [1.807, 2.05) is 30.3 Å². The number of nitro benzene ring substituents is 1. The van der Waals surface area contributed by atoms with E-state index in [2.05, 4.69) is 27.9 Å². The molecule has 2 atom stereocenters. The molecule has 176 valence electrons. The summed E-state index contributed by atoms with van der Waals surface area (Å²) in [7, 11) is 0. The van der Waals surface area contributed by atoms with Gasteiger partial charge in [-0.2, -0.15) is 0 Å². The van der Waals surface area contributed by atoms with Crippen LogP contribution >= 0.6 is 34.4 Å². The van der Waals surface area contributed by atoms with Crippen molar-refractivity contribution in [3.63, 3.8) is 0 Å². The zero-order chi connectivity index (χ0) is 24.2. The fraction of sp³-hybridized carbons (Fsp3) is 0.261. The van der Waals surface area contributed by atoms with E-state index in [-0.39, 0.29) is 41.6 Å². The molecule has 0 saturated carbocycles. The van der Waals surface area contributed by atoms with E-state index in [1.165, 1.54) is 40.9 Å². The lowest BCUT2D eigenvalue weighted by Gasteiger charge is -2.49. The Morgan fingerprint density at radius 1 is 1.15 bits per heavy atom. The Hall–Kier alpha value is -2.93. The monoisotopic (exact) mass is 593 g/mol. The average molecular weight is 593 g/mol. The summed E-state index contributed by atoms with van der Waals surface area (Å²) < 4.78 is 5.99. The summed E-state index contributed by atoms with van der Waals surface area (Å²) in [5.74, 6) is -0.679. The molecule has 1 N–H and O–H groups in total. The molecule has 1 fully saturated rings. The average Bonchev–Trinajstić information content (AvgIpc) is 2.85. The van der Waals surface area contributed by atoms with Gasteiger partial charge in [-0.15, -0.1) is 11.8 Å². The van der Waals surface area contributed by atoms with Gasteiger partial charge in [-0.25, -0.2) is 4.79 Å². The zero-order valence-corrected chi connectivity index (χ0v) is 20.8. The first-order valence-corrected chi connectivity index (χ1v) is 12.9. The second-order valence-corrected chi connectivity index (χ2v) is 9.57. The van der Waals surface area contributed by atoms with Crippen LogP contribution in [-0.2, 0) is 32.1 Å². The first-order chi connectivity index (χ1) is 16.4. The molecule has 1 saturated heterocycles. The van der Waals surface area contributed by atoms with E-state index in [9.17, 15) is 24.5 Å². The van der Waals surface area contributed by atoms with Crippen molar-refractivity contribution in [1.29, 1.82) is 0 Å². The lowest BCUT2D eigenvalue weighted by Crippen LogP contribution is -2.70. The van der Waals surface area contributed by atoms with Crippen molar-refractivity contribution >= 4 is 57.8 Å². The number of ether oxygens (including phenoxy) is 1. The number of hydrogen-bond donors (Lipinski definition) is 1. The van der Waals surface area contributed by atoms with E-state index in [0.717, 1.165) is 11.1 Å². The maximum atomic E-state index is 12.9. The van der Waals surface area contributed by atoms with E-state index in [0.29, 0.717) is 15.7 Å². The summed E-state index contributed by atoms with van der Waals surface area (Å²) in [5.41, 5.74) is 2.40. The molecule has 34 heavy (non-hydrogen) atoms. The van der Waals surface area contributed by atoms with Gasteiger partial charge < -0.3 is 10.1 Å². The van der Waals surface area contributed by atoms with Crippen molar-refractivity contribution in [2.45, 2.75) is 24.4 Å². The van der Waals surface area contributed by atoms with Gasteiger partial charge in [-0.1, -0.05) is 52.9 Å². The molecule has 2 heterocycles. The number of hydrogen-bond acceptors (Lipinski definition) is 7. The third kappa shape index (κ3) is 5.09. The number of rotatable bonds is 8. The van der Waals surface area contributed by atoms with Gasteiger partial charge in [0.2, 0.25) is 5.91 Å². The van der Waals surface area contributed by atoms with Gasteiger partial charge in [0.15, 0.2) is 0 Å². The van der Waals surface area contributed by atoms with Crippen LogP contribution in [0.4, 0.5) is 5.69 Å². The Kier molecular flexibility index (Phi) is 7.51. The summed E-state index contributed by atoms with van der Waals surface area (Å²) in [5, 5.41) is 13.2. The number of β-lactam (4-membered cyclic amide) rings is 1. The molecular weight excluding hydrogens is 573 g/mol. The Bertz CT molecular complexity index is 1160. The summed E-state index contributed by atoms with van der Waals surface area (Å²) in [6.07, 6.45) is 0.168. The topological polar surface area (TPSA) is 119 Å². The highest BCUT2D eigenvalue weighted by Gasteiger charge is 2.54. The van der Waals surface area contributed by atoms with Crippen LogP contribution in [-0.4, -0.2) is 49.2 Å². The van der Waals surface area contributed by atoms with Gasteiger partial charge in [-0.3, -0.25) is 24.6 Å². The number of thioether (sulfide) groups is 1. The Balaban J connectivity index is 1.41. The molecule has 2 aromatic rings. The van der Waals surface area contributed by atoms with Crippen LogP contribution in [0.15, 0.2) is 65.9 Å². The van der Waals surface area contributed by atoms with E-state index in [4.69, 9.17) is 4.74 Å². The molecule has 0 aliphatic carbocycles. The largest absolute Gasteiger partial charge is 0.456 e. The van der Waals surface area contributed by atoms with Gasteiger partial charge in [0.05, 0.1) is 11.3 Å². The smallest absolute Gasteiger partial charge is 0.355 e. The number of halogens is 1. The highest BCUT2D eigenvalue weighted by molar-refractivity contribution is 14.1. The molecule has 0 spiro atoms. The number of carbonyl (C=O) groups is 3. The van der Waals surface area contributed by atoms with Crippen molar-refractivity contribution in [3.05, 3.63) is 87.1 Å². The van der Waals surface area contributed by atoms with Crippen LogP contribution < -0.4 is 5.32 Å². The Morgan fingerprint density at radius 3 is 2.50 bits per heavy atom. The maximum absolute atomic E-state index is 12.9. The minimum atomic E-state index is -0.700. The molecule has 0 aromatic heterocycles. The first kappa shape index (κ1) is 24.2. The predicted molar refractivity (Wildman–Crippen MR) is 134 cm³/mol. The molecule has 2 aliphatic rings. The van der Waals surface area contributed by atoms with Crippen LogP contribution in [0.5, 0.6) is 0 Å². The third-order valence-electron chi connectivity index (χ3n) is 5.44. The second kappa shape index (κ2) is 10.6. The Morgan fingerprint density at radius 2 is 1.85 bits per heavy atom. The first-order valence-electron chi connectivity index (χ1n) is 10.4. The number of alkyl halides is 1. The van der Waals surface area contributed by atoms with Gasteiger partial charge >= 0.3 is 5.97 Å². The highest BCUT2D eigenvalue weighted by Crippen LogP contribution is 2.41. The molecule has 0 radical (unpaired) electrons.